The third-order valence-electron chi connectivity index (χ3n) is 3.22. The fourth-order valence-electron chi connectivity index (χ4n) is 2.11. The molecule has 0 radical (unpaired) electrons. The zero-order valence-electron chi connectivity index (χ0n) is 12.0. The van der Waals surface area contributed by atoms with E-state index in [-0.39, 0.29) is 4.83 Å². The largest absolute Gasteiger partial charge is 0.492 e. The topological polar surface area (TPSA) is 9.23 Å². The molecule has 0 aromatic heterocycles. The Bertz CT molecular complexity index is 628. The lowest BCUT2D eigenvalue weighted by molar-refractivity contribution is 0.315. The van der Waals surface area contributed by atoms with Crippen molar-refractivity contribution in [3.05, 3.63) is 62.6 Å². The van der Waals surface area contributed by atoms with Crippen molar-refractivity contribution in [2.45, 2.75) is 25.1 Å². The van der Waals surface area contributed by atoms with E-state index in [1.54, 1.807) is 0 Å². The summed E-state index contributed by atoms with van der Waals surface area (Å²) >= 11 is 13.4. The van der Waals surface area contributed by atoms with E-state index in [9.17, 15) is 0 Å². The molecule has 1 nitrogen and oxygen atoms in total. The highest BCUT2D eigenvalue weighted by molar-refractivity contribution is 9.10. The molecule has 0 amide bonds. The van der Waals surface area contributed by atoms with Crippen molar-refractivity contribution >= 4 is 43.5 Å². The Hall–Kier alpha value is -0.510. The molecule has 0 spiro atoms. The lowest BCUT2D eigenvalue weighted by Crippen LogP contribution is -1.99. The molecule has 0 N–H and O–H groups in total. The molecule has 21 heavy (non-hydrogen) atoms. The van der Waals surface area contributed by atoms with E-state index in [2.05, 4.69) is 63.9 Å². The molecule has 2 aromatic carbocycles. The Morgan fingerprint density at radius 3 is 2.57 bits per heavy atom. The third-order valence-corrected chi connectivity index (χ3v) is 5.09. The highest BCUT2D eigenvalue weighted by atomic mass is 79.9. The van der Waals surface area contributed by atoms with Crippen molar-refractivity contribution < 1.29 is 4.74 Å². The number of alkyl halides is 1. The Balaban J connectivity index is 2.27. The second-order valence-electron chi connectivity index (χ2n) is 4.90. The van der Waals surface area contributed by atoms with Gasteiger partial charge in [0.15, 0.2) is 0 Å². The first-order chi connectivity index (χ1) is 10.0. The van der Waals surface area contributed by atoms with E-state index in [0.717, 1.165) is 28.3 Å². The molecule has 2 aromatic rings. The van der Waals surface area contributed by atoms with Gasteiger partial charge in [0.25, 0.3) is 0 Å². The molecule has 1 unspecified atom stereocenters. The second kappa shape index (κ2) is 7.66. The summed E-state index contributed by atoms with van der Waals surface area (Å²) in [7, 11) is 0. The van der Waals surface area contributed by atoms with E-state index in [1.165, 1.54) is 16.7 Å². The summed E-state index contributed by atoms with van der Waals surface area (Å²) < 4.78 is 6.66. The molecule has 0 aliphatic heterocycles. The maximum absolute atomic E-state index is 6.02. The van der Waals surface area contributed by atoms with Crippen LogP contribution in [0, 0.1) is 6.92 Å². The molecule has 2 rings (SSSR count). The quantitative estimate of drug-likeness (QED) is 0.479. The molecule has 112 valence electrons. The number of hydrogen-bond donors (Lipinski definition) is 0. The van der Waals surface area contributed by atoms with Crippen molar-refractivity contribution in [1.29, 1.82) is 0 Å². The van der Waals surface area contributed by atoms with Crippen molar-refractivity contribution in [2.75, 3.05) is 6.61 Å². The van der Waals surface area contributed by atoms with Gasteiger partial charge in [-0.1, -0.05) is 46.6 Å². The van der Waals surface area contributed by atoms with Gasteiger partial charge in [0.05, 0.1) is 15.9 Å². The molecular weight excluding hydrogens is 415 g/mol. The maximum Gasteiger partial charge on any atom is 0.133 e. The summed E-state index contributed by atoms with van der Waals surface area (Å²) in [6, 6.07) is 12.2. The Morgan fingerprint density at radius 2 is 1.95 bits per heavy atom. The van der Waals surface area contributed by atoms with Crippen LogP contribution in [0.2, 0.25) is 5.02 Å². The second-order valence-corrected chi connectivity index (χ2v) is 7.11. The Kier molecular flexibility index (Phi) is 6.15. The molecule has 4 heteroatoms. The summed E-state index contributed by atoms with van der Waals surface area (Å²) in [4.78, 5) is 0.131. The van der Waals surface area contributed by atoms with Gasteiger partial charge in [-0.15, -0.1) is 0 Å². The Labute approximate surface area is 147 Å². The maximum atomic E-state index is 6.02. The molecule has 0 heterocycles. The van der Waals surface area contributed by atoms with Gasteiger partial charge in [0, 0.05) is 5.02 Å². The molecule has 0 saturated heterocycles. The number of ether oxygens (including phenoxy) is 1. The number of rotatable bonds is 5. The number of aryl methyl sites for hydroxylation is 1. The standard InChI is InChI=1S/C17H17Br2ClO/c1-3-8-21-16-7-4-12(10-15(16)18)17(19)14-6-5-13(20)9-11(14)2/h4-7,9-10,17H,3,8H2,1-2H3. The van der Waals surface area contributed by atoms with Crippen LogP contribution in [0.15, 0.2) is 40.9 Å². The van der Waals surface area contributed by atoms with Crippen LogP contribution in [-0.2, 0) is 0 Å². The summed E-state index contributed by atoms with van der Waals surface area (Å²) in [5, 5.41) is 0.764. The van der Waals surface area contributed by atoms with E-state index >= 15 is 0 Å². The number of benzene rings is 2. The highest BCUT2D eigenvalue weighted by Gasteiger charge is 2.14. The highest BCUT2D eigenvalue weighted by Crippen LogP contribution is 2.37. The molecule has 0 saturated carbocycles. The molecule has 0 fully saturated rings. The zero-order chi connectivity index (χ0) is 15.4. The number of halogens is 3. The van der Waals surface area contributed by atoms with Crippen LogP contribution >= 0.6 is 43.5 Å². The first-order valence-corrected chi connectivity index (χ1v) is 8.94. The van der Waals surface area contributed by atoms with Gasteiger partial charge >= 0.3 is 0 Å². The van der Waals surface area contributed by atoms with Crippen LogP contribution in [0.5, 0.6) is 5.75 Å². The van der Waals surface area contributed by atoms with E-state index in [1.807, 2.05) is 18.2 Å². The van der Waals surface area contributed by atoms with Crippen LogP contribution in [-0.4, -0.2) is 6.61 Å². The number of hydrogen-bond acceptors (Lipinski definition) is 1. The molecule has 0 aliphatic carbocycles. The monoisotopic (exact) mass is 430 g/mol. The van der Waals surface area contributed by atoms with Crippen LogP contribution in [0.1, 0.15) is 34.9 Å². The lowest BCUT2D eigenvalue weighted by atomic mass is 10.0. The average molecular weight is 433 g/mol. The first kappa shape index (κ1) is 16.9. The zero-order valence-corrected chi connectivity index (χ0v) is 15.9. The van der Waals surface area contributed by atoms with Crippen molar-refractivity contribution in [3.8, 4) is 5.75 Å². The van der Waals surface area contributed by atoms with Gasteiger partial charge in [-0.3, -0.25) is 0 Å². The van der Waals surface area contributed by atoms with Gasteiger partial charge in [-0.2, -0.15) is 0 Å². The smallest absolute Gasteiger partial charge is 0.133 e. The summed E-state index contributed by atoms with van der Waals surface area (Å²) in [5.41, 5.74) is 3.57. The summed E-state index contributed by atoms with van der Waals surface area (Å²) in [6.45, 7) is 4.90. The van der Waals surface area contributed by atoms with Gasteiger partial charge in [-0.25, -0.2) is 0 Å². The molecule has 1 atom stereocenters. The van der Waals surface area contributed by atoms with Gasteiger partial charge in [-0.05, 0) is 70.2 Å². The molecular formula is C17H17Br2ClO. The summed E-state index contributed by atoms with van der Waals surface area (Å²) in [5.74, 6) is 0.883. The fourth-order valence-corrected chi connectivity index (χ4v) is 3.64. The van der Waals surface area contributed by atoms with Crippen LogP contribution in [0.3, 0.4) is 0 Å². The van der Waals surface area contributed by atoms with Gasteiger partial charge in [0.1, 0.15) is 5.75 Å². The minimum atomic E-state index is 0.131. The van der Waals surface area contributed by atoms with Crippen molar-refractivity contribution in [1.82, 2.24) is 0 Å². The third kappa shape index (κ3) is 4.24. The summed E-state index contributed by atoms with van der Waals surface area (Å²) in [6.07, 6.45) is 0.999. The molecule has 0 bridgehead atoms. The lowest BCUT2D eigenvalue weighted by Gasteiger charge is -2.16. The van der Waals surface area contributed by atoms with Gasteiger partial charge < -0.3 is 4.74 Å². The minimum Gasteiger partial charge on any atom is -0.492 e. The van der Waals surface area contributed by atoms with Crippen LogP contribution in [0.4, 0.5) is 0 Å². The molecule has 0 aliphatic rings. The van der Waals surface area contributed by atoms with E-state index < -0.39 is 0 Å². The minimum absolute atomic E-state index is 0.131. The van der Waals surface area contributed by atoms with Crippen molar-refractivity contribution in [2.24, 2.45) is 0 Å². The first-order valence-electron chi connectivity index (χ1n) is 6.85. The van der Waals surface area contributed by atoms with Gasteiger partial charge in [0.2, 0.25) is 0 Å². The predicted molar refractivity (Wildman–Crippen MR) is 96.9 cm³/mol. The average Bonchev–Trinajstić information content (AvgIpc) is 2.45. The van der Waals surface area contributed by atoms with Crippen LogP contribution < -0.4 is 4.74 Å². The van der Waals surface area contributed by atoms with E-state index in [0.29, 0.717) is 0 Å². The fraction of sp³-hybridized carbons (Fsp3) is 0.294. The predicted octanol–water partition coefficient (Wildman–Crippen LogP) is 6.68. The normalized spacial score (nSPS) is 12.2. The van der Waals surface area contributed by atoms with Crippen molar-refractivity contribution in [3.63, 3.8) is 0 Å². The van der Waals surface area contributed by atoms with E-state index in [4.69, 9.17) is 16.3 Å². The SMILES string of the molecule is CCCOc1ccc(C(Br)c2ccc(Cl)cc2C)cc1Br. The Morgan fingerprint density at radius 1 is 1.19 bits per heavy atom. The van der Waals surface area contributed by atoms with Crippen LogP contribution in [0.25, 0.3) is 0 Å².